The third kappa shape index (κ3) is 3.93. The highest BCUT2D eigenvalue weighted by atomic mass is 16.5. The largest absolute Gasteiger partial charge is 0.506 e. The third-order valence-corrected chi connectivity index (χ3v) is 5.01. The minimum Gasteiger partial charge on any atom is -0.506 e. The van der Waals surface area contributed by atoms with Gasteiger partial charge in [-0.2, -0.15) is 0 Å². The van der Waals surface area contributed by atoms with Gasteiger partial charge in [-0.15, -0.1) is 0 Å². The topological polar surface area (TPSA) is 52.9 Å². The van der Waals surface area contributed by atoms with Crippen molar-refractivity contribution in [3.05, 3.63) is 42.2 Å². The zero-order valence-electron chi connectivity index (χ0n) is 15.1. The average Bonchev–Trinajstić information content (AvgIpc) is 3.07. The maximum Gasteiger partial charge on any atom is 0.161 e. The Morgan fingerprint density at radius 3 is 2.52 bits per heavy atom. The summed E-state index contributed by atoms with van der Waals surface area (Å²) in [6.45, 7) is 2.07. The van der Waals surface area contributed by atoms with Crippen molar-refractivity contribution in [3.8, 4) is 17.2 Å². The van der Waals surface area contributed by atoms with Crippen LogP contribution in [-0.4, -0.2) is 30.0 Å². The second-order valence-corrected chi connectivity index (χ2v) is 6.60. The molecule has 25 heavy (non-hydrogen) atoms. The highest BCUT2D eigenvalue weighted by Gasteiger charge is 2.29. The Labute approximate surface area is 149 Å². The number of rotatable bonds is 6. The molecular weight excluding hydrogens is 318 g/mol. The van der Waals surface area contributed by atoms with Gasteiger partial charge in [-0.3, -0.25) is 0 Å². The van der Waals surface area contributed by atoms with Crippen molar-refractivity contribution >= 4 is 0 Å². The second kappa shape index (κ2) is 7.83. The van der Waals surface area contributed by atoms with Crippen molar-refractivity contribution in [2.45, 2.75) is 50.9 Å². The second-order valence-electron chi connectivity index (χ2n) is 6.60. The van der Waals surface area contributed by atoms with Gasteiger partial charge in [0.25, 0.3) is 0 Å². The lowest BCUT2D eigenvalue weighted by Gasteiger charge is -2.34. The summed E-state index contributed by atoms with van der Waals surface area (Å²) < 4.78 is 19.2. The SMILES string of the molecule is COc1ccc([C@@H](C)O[C@@H]2CCCC[C@H]2n2ccc(O)c2)cc1OC. The molecule has 1 aromatic carbocycles. The molecule has 1 aliphatic rings. The van der Waals surface area contributed by atoms with Crippen LogP contribution in [0, 0.1) is 0 Å². The molecule has 0 bridgehead atoms. The summed E-state index contributed by atoms with van der Waals surface area (Å²) in [5, 5.41) is 9.65. The summed E-state index contributed by atoms with van der Waals surface area (Å²) in [5.74, 6) is 1.74. The van der Waals surface area contributed by atoms with Crippen LogP contribution >= 0.6 is 0 Å². The minimum atomic E-state index is -0.0467. The number of methoxy groups -OCH3 is 2. The summed E-state index contributed by atoms with van der Waals surface area (Å²) in [7, 11) is 3.28. The normalized spacial score (nSPS) is 21.7. The van der Waals surface area contributed by atoms with Gasteiger partial charge in [0.15, 0.2) is 11.5 Å². The van der Waals surface area contributed by atoms with Crippen LogP contribution in [0.5, 0.6) is 17.2 Å². The smallest absolute Gasteiger partial charge is 0.161 e. The van der Waals surface area contributed by atoms with Gasteiger partial charge in [0.1, 0.15) is 5.75 Å². The first-order chi connectivity index (χ1) is 12.1. The molecule has 1 N–H and O–H groups in total. The van der Waals surface area contributed by atoms with Crippen molar-refractivity contribution in [1.82, 2.24) is 4.57 Å². The molecule has 1 fully saturated rings. The van der Waals surface area contributed by atoms with Crippen molar-refractivity contribution in [2.24, 2.45) is 0 Å². The molecule has 0 spiro atoms. The highest BCUT2D eigenvalue weighted by molar-refractivity contribution is 5.43. The molecular formula is C20H27NO4. The van der Waals surface area contributed by atoms with E-state index in [0.29, 0.717) is 11.5 Å². The van der Waals surface area contributed by atoms with Gasteiger partial charge in [0, 0.05) is 12.4 Å². The number of ether oxygens (including phenoxy) is 3. The van der Waals surface area contributed by atoms with Crippen LogP contribution in [0.25, 0.3) is 0 Å². The molecule has 3 atom stereocenters. The molecule has 5 nitrogen and oxygen atoms in total. The molecule has 1 saturated carbocycles. The number of hydrogen-bond acceptors (Lipinski definition) is 4. The summed E-state index contributed by atoms with van der Waals surface area (Å²) in [5.41, 5.74) is 1.07. The van der Waals surface area contributed by atoms with Crippen LogP contribution < -0.4 is 9.47 Å². The van der Waals surface area contributed by atoms with Gasteiger partial charge < -0.3 is 23.9 Å². The zero-order valence-corrected chi connectivity index (χ0v) is 15.1. The van der Waals surface area contributed by atoms with E-state index in [9.17, 15) is 5.11 Å². The Balaban J connectivity index is 1.75. The molecule has 0 amide bonds. The monoisotopic (exact) mass is 345 g/mol. The Morgan fingerprint density at radius 1 is 1.08 bits per heavy atom. The lowest BCUT2D eigenvalue weighted by molar-refractivity contribution is -0.0496. The number of benzene rings is 1. The zero-order chi connectivity index (χ0) is 17.8. The summed E-state index contributed by atoms with van der Waals surface area (Å²) in [6, 6.07) is 7.89. The first-order valence-corrected chi connectivity index (χ1v) is 8.86. The van der Waals surface area contributed by atoms with Gasteiger partial charge in [-0.25, -0.2) is 0 Å². The third-order valence-electron chi connectivity index (χ3n) is 5.01. The van der Waals surface area contributed by atoms with Crippen molar-refractivity contribution < 1.29 is 19.3 Å². The molecule has 136 valence electrons. The van der Waals surface area contributed by atoms with E-state index in [-0.39, 0.29) is 18.2 Å². The van der Waals surface area contributed by atoms with Crippen molar-refractivity contribution in [2.75, 3.05) is 14.2 Å². The van der Waals surface area contributed by atoms with Gasteiger partial charge in [-0.05, 0) is 43.5 Å². The Kier molecular flexibility index (Phi) is 5.53. The van der Waals surface area contributed by atoms with Gasteiger partial charge in [0.2, 0.25) is 0 Å². The molecule has 5 heteroatoms. The van der Waals surface area contributed by atoms with Crippen LogP contribution in [0.2, 0.25) is 0 Å². The van der Waals surface area contributed by atoms with Crippen molar-refractivity contribution in [1.29, 1.82) is 0 Å². The number of nitrogens with zero attached hydrogens (tertiary/aromatic N) is 1. The maximum atomic E-state index is 9.65. The average molecular weight is 345 g/mol. The molecule has 0 unspecified atom stereocenters. The highest BCUT2D eigenvalue weighted by Crippen LogP contribution is 2.37. The molecule has 1 aliphatic carbocycles. The fourth-order valence-electron chi connectivity index (χ4n) is 3.63. The fraction of sp³-hybridized carbons (Fsp3) is 0.500. The lowest BCUT2D eigenvalue weighted by atomic mass is 9.92. The van der Waals surface area contributed by atoms with Crippen LogP contribution in [0.4, 0.5) is 0 Å². The quantitative estimate of drug-likeness (QED) is 0.839. The van der Waals surface area contributed by atoms with E-state index in [4.69, 9.17) is 14.2 Å². The van der Waals surface area contributed by atoms with E-state index in [2.05, 4.69) is 11.5 Å². The molecule has 0 radical (unpaired) electrons. The van der Waals surface area contributed by atoms with E-state index < -0.39 is 0 Å². The number of hydrogen-bond donors (Lipinski definition) is 1. The first kappa shape index (κ1) is 17.7. The predicted molar refractivity (Wildman–Crippen MR) is 96.4 cm³/mol. The van der Waals surface area contributed by atoms with E-state index in [1.165, 1.54) is 12.8 Å². The molecule has 3 rings (SSSR count). The Hall–Kier alpha value is -2.14. The van der Waals surface area contributed by atoms with E-state index >= 15 is 0 Å². The standard InChI is InChI=1S/C20H27NO4/c1-14(15-8-9-19(23-2)20(12-15)24-3)25-18-7-5-4-6-17(18)21-11-10-16(22)13-21/h8-14,17-18,22H,4-7H2,1-3H3/t14-,17-,18-/m1/s1. The molecule has 2 aromatic rings. The summed E-state index contributed by atoms with van der Waals surface area (Å²) >= 11 is 0. The van der Waals surface area contributed by atoms with Crippen molar-refractivity contribution in [3.63, 3.8) is 0 Å². The van der Waals surface area contributed by atoms with Gasteiger partial charge >= 0.3 is 0 Å². The van der Waals surface area contributed by atoms with Crippen LogP contribution in [-0.2, 0) is 4.74 Å². The molecule has 0 saturated heterocycles. The number of aromatic nitrogens is 1. The molecule has 1 aromatic heterocycles. The summed E-state index contributed by atoms with van der Waals surface area (Å²) in [6.07, 6.45) is 8.26. The van der Waals surface area contributed by atoms with Gasteiger partial charge in [-0.1, -0.05) is 18.9 Å². The molecule has 0 aliphatic heterocycles. The predicted octanol–water partition coefficient (Wildman–Crippen LogP) is 4.47. The number of aromatic hydroxyl groups is 1. The minimum absolute atomic E-state index is 0.0467. The van der Waals surface area contributed by atoms with E-state index in [1.54, 1.807) is 26.5 Å². The Morgan fingerprint density at radius 2 is 1.84 bits per heavy atom. The summed E-state index contributed by atoms with van der Waals surface area (Å²) in [4.78, 5) is 0. The maximum absolute atomic E-state index is 9.65. The van der Waals surface area contributed by atoms with Crippen LogP contribution in [0.1, 0.15) is 50.3 Å². The molecule has 1 heterocycles. The van der Waals surface area contributed by atoms with Crippen LogP contribution in [0.3, 0.4) is 0 Å². The lowest BCUT2D eigenvalue weighted by Crippen LogP contribution is -2.30. The Bertz CT molecular complexity index is 697. The first-order valence-electron chi connectivity index (χ1n) is 8.86. The fourth-order valence-corrected chi connectivity index (χ4v) is 3.63. The van der Waals surface area contributed by atoms with Gasteiger partial charge in [0.05, 0.1) is 32.5 Å². The van der Waals surface area contributed by atoms with Crippen LogP contribution in [0.15, 0.2) is 36.7 Å². The van der Waals surface area contributed by atoms with E-state index in [1.807, 2.05) is 24.4 Å². The van der Waals surface area contributed by atoms with E-state index in [0.717, 1.165) is 24.2 Å².